The summed E-state index contributed by atoms with van der Waals surface area (Å²) in [5, 5.41) is 0. The van der Waals surface area contributed by atoms with Gasteiger partial charge >= 0.3 is 0 Å². The molecule has 22 heavy (non-hydrogen) atoms. The number of amides is 2. The molecule has 0 aromatic heterocycles. The van der Waals surface area contributed by atoms with Crippen LogP contribution < -0.4 is 0 Å². The van der Waals surface area contributed by atoms with E-state index in [0.717, 1.165) is 44.3 Å². The molecular formula is C18H24N2O2. The smallest absolute Gasteiger partial charge is 0.253 e. The minimum absolute atomic E-state index is 0.00575. The maximum absolute atomic E-state index is 12.6. The van der Waals surface area contributed by atoms with Gasteiger partial charge in [0, 0.05) is 44.1 Å². The first-order valence-electron chi connectivity index (χ1n) is 8.09. The molecule has 3 rings (SSSR count). The lowest BCUT2D eigenvalue weighted by molar-refractivity contribution is -0.136. The zero-order valence-electron chi connectivity index (χ0n) is 13.4. The molecule has 0 N–H and O–H groups in total. The first-order valence-corrected chi connectivity index (χ1v) is 8.09. The molecule has 2 amide bonds. The van der Waals surface area contributed by atoms with Crippen LogP contribution in [0, 0.1) is 11.3 Å². The van der Waals surface area contributed by atoms with Gasteiger partial charge in [0.05, 0.1) is 0 Å². The molecule has 1 saturated heterocycles. The van der Waals surface area contributed by atoms with E-state index in [-0.39, 0.29) is 23.1 Å². The Morgan fingerprint density at radius 2 is 1.91 bits per heavy atom. The second-order valence-electron chi connectivity index (χ2n) is 6.88. The van der Waals surface area contributed by atoms with Crippen molar-refractivity contribution in [2.24, 2.45) is 11.3 Å². The highest BCUT2D eigenvalue weighted by Crippen LogP contribution is 2.50. The Labute approximate surface area is 132 Å². The third-order valence-corrected chi connectivity index (χ3v) is 5.34. The van der Waals surface area contributed by atoms with Gasteiger partial charge in [0.15, 0.2) is 0 Å². The van der Waals surface area contributed by atoms with Crippen LogP contribution in [-0.2, 0) is 4.79 Å². The van der Waals surface area contributed by atoms with Crippen molar-refractivity contribution in [2.75, 3.05) is 27.2 Å². The van der Waals surface area contributed by atoms with Gasteiger partial charge in [-0.25, -0.2) is 0 Å². The van der Waals surface area contributed by atoms with Crippen LogP contribution in [0.4, 0.5) is 0 Å². The molecule has 1 saturated carbocycles. The maximum Gasteiger partial charge on any atom is 0.253 e. The third kappa shape index (κ3) is 2.51. The molecular weight excluding hydrogens is 276 g/mol. The molecule has 1 aliphatic heterocycles. The molecule has 2 fully saturated rings. The minimum atomic E-state index is 0.00575. The van der Waals surface area contributed by atoms with Gasteiger partial charge in [0.25, 0.3) is 5.91 Å². The Bertz CT molecular complexity index is 570. The number of carbonyl (C=O) groups excluding carboxylic acids is 2. The molecule has 1 spiro atoms. The van der Waals surface area contributed by atoms with Crippen molar-refractivity contribution in [3.8, 4) is 0 Å². The summed E-state index contributed by atoms with van der Waals surface area (Å²) in [7, 11) is 3.66. The molecule has 1 heterocycles. The molecule has 1 aliphatic carbocycles. The van der Waals surface area contributed by atoms with E-state index < -0.39 is 0 Å². The van der Waals surface area contributed by atoms with Crippen LogP contribution in [0.3, 0.4) is 0 Å². The number of likely N-dealkylation sites (tertiary alicyclic amines) is 1. The topological polar surface area (TPSA) is 40.6 Å². The molecule has 0 radical (unpaired) electrons. The predicted molar refractivity (Wildman–Crippen MR) is 85.4 cm³/mol. The lowest BCUT2D eigenvalue weighted by Crippen LogP contribution is -2.41. The third-order valence-electron chi connectivity index (χ3n) is 5.34. The van der Waals surface area contributed by atoms with E-state index in [1.165, 1.54) is 0 Å². The van der Waals surface area contributed by atoms with Crippen LogP contribution in [0.1, 0.15) is 36.0 Å². The highest BCUT2D eigenvalue weighted by Gasteiger charge is 2.51. The molecule has 0 unspecified atom stereocenters. The van der Waals surface area contributed by atoms with Crippen LogP contribution >= 0.6 is 0 Å². The second kappa shape index (κ2) is 5.75. The van der Waals surface area contributed by atoms with Crippen molar-refractivity contribution in [2.45, 2.75) is 25.7 Å². The largest absolute Gasteiger partial charge is 0.349 e. The van der Waals surface area contributed by atoms with Gasteiger partial charge in [0.2, 0.25) is 5.91 Å². The summed E-state index contributed by atoms with van der Waals surface area (Å²) in [5.74, 6) is 0.406. The summed E-state index contributed by atoms with van der Waals surface area (Å²) in [6, 6.07) is 9.44. The molecule has 4 nitrogen and oxygen atoms in total. The lowest BCUT2D eigenvalue weighted by atomic mass is 9.76. The highest BCUT2D eigenvalue weighted by atomic mass is 16.2. The fourth-order valence-electron chi connectivity index (χ4n) is 4.16. The molecule has 4 heteroatoms. The van der Waals surface area contributed by atoms with Gasteiger partial charge in [0.1, 0.15) is 0 Å². The molecule has 1 aromatic carbocycles. The van der Waals surface area contributed by atoms with Crippen molar-refractivity contribution < 1.29 is 9.59 Å². The normalized spacial score (nSPS) is 27.4. The van der Waals surface area contributed by atoms with Crippen LogP contribution in [-0.4, -0.2) is 48.8 Å². The fourth-order valence-corrected chi connectivity index (χ4v) is 4.16. The lowest BCUT2D eigenvalue weighted by Gasteiger charge is -2.32. The number of hydrogen-bond acceptors (Lipinski definition) is 2. The van der Waals surface area contributed by atoms with E-state index in [2.05, 4.69) is 0 Å². The Kier molecular flexibility index (Phi) is 3.94. The summed E-state index contributed by atoms with van der Waals surface area (Å²) < 4.78 is 0. The molecule has 118 valence electrons. The second-order valence-corrected chi connectivity index (χ2v) is 6.88. The van der Waals surface area contributed by atoms with E-state index in [1.54, 1.807) is 4.90 Å². The van der Waals surface area contributed by atoms with E-state index >= 15 is 0 Å². The average molecular weight is 300 g/mol. The summed E-state index contributed by atoms with van der Waals surface area (Å²) in [4.78, 5) is 28.8. The van der Waals surface area contributed by atoms with Crippen molar-refractivity contribution in [1.82, 2.24) is 9.80 Å². The van der Waals surface area contributed by atoms with Gasteiger partial charge in [-0.1, -0.05) is 24.6 Å². The van der Waals surface area contributed by atoms with Crippen molar-refractivity contribution >= 4 is 11.8 Å². The van der Waals surface area contributed by atoms with Crippen LogP contribution in [0.5, 0.6) is 0 Å². The quantitative estimate of drug-likeness (QED) is 0.841. The van der Waals surface area contributed by atoms with Crippen molar-refractivity contribution in [3.05, 3.63) is 35.9 Å². The standard InChI is InChI=1S/C18H24N2O2/c1-19(2)17(22)15-9-6-10-18(15)11-12-20(13-18)16(21)14-7-4-3-5-8-14/h3-5,7-8,15H,6,9-13H2,1-2H3/t15-,18-/m1/s1. The Hall–Kier alpha value is -1.84. The first-order chi connectivity index (χ1) is 10.5. The highest BCUT2D eigenvalue weighted by molar-refractivity contribution is 5.94. The number of hydrogen-bond donors (Lipinski definition) is 0. The minimum Gasteiger partial charge on any atom is -0.349 e. The first kappa shape index (κ1) is 15.1. The maximum atomic E-state index is 12.6. The Morgan fingerprint density at radius 3 is 2.59 bits per heavy atom. The average Bonchev–Trinajstić information content (AvgIpc) is 3.14. The summed E-state index contributed by atoms with van der Waals surface area (Å²) >= 11 is 0. The Balaban J connectivity index is 1.76. The van der Waals surface area contributed by atoms with Crippen LogP contribution in [0.2, 0.25) is 0 Å². The van der Waals surface area contributed by atoms with E-state index in [9.17, 15) is 9.59 Å². The number of rotatable bonds is 2. The van der Waals surface area contributed by atoms with Gasteiger partial charge in [-0.05, 0) is 31.4 Å². The van der Waals surface area contributed by atoms with Crippen LogP contribution in [0.25, 0.3) is 0 Å². The van der Waals surface area contributed by atoms with Crippen LogP contribution in [0.15, 0.2) is 30.3 Å². The number of benzene rings is 1. The van der Waals surface area contributed by atoms with E-state index in [1.807, 2.05) is 49.3 Å². The van der Waals surface area contributed by atoms with Gasteiger partial charge < -0.3 is 9.80 Å². The monoisotopic (exact) mass is 300 g/mol. The van der Waals surface area contributed by atoms with Crippen molar-refractivity contribution in [3.63, 3.8) is 0 Å². The molecule has 2 atom stereocenters. The number of carbonyl (C=O) groups is 2. The summed E-state index contributed by atoms with van der Waals surface area (Å²) in [6.07, 6.45) is 4.08. The summed E-state index contributed by atoms with van der Waals surface area (Å²) in [6.45, 7) is 1.50. The molecule has 1 aromatic rings. The predicted octanol–water partition coefficient (Wildman–Crippen LogP) is 2.41. The number of nitrogens with zero attached hydrogens (tertiary/aromatic N) is 2. The van der Waals surface area contributed by atoms with Gasteiger partial charge in [-0.3, -0.25) is 9.59 Å². The van der Waals surface area contributed by atoms with Gasteiger partial charge in [-0.2, -0.15) is 0 Å². The zero-order valence-corrected chi connectivity index (χ0v) is 13.4. The Morgan fingerprint density at radius 1 is 1.18 bits per heavy atom. The molecule has 2 aliphatic rings. The zero-order chi connectivity index (χ0) is 15.7. The SMILES string of the molecule is CN(C)C(=O)[C@H]1CCC[C@]12CCN(C(=O)c1ccccc1)C2. The summed E-state index contributed by atoms with van der Waals surface area (Å²) in [5.41, 5.74) is 0.749. The van der Waals surface area contributed by atoms with E-state index in [4.69, 9.17) is 0 Å². The van der Waals surface area contributed by atoms with Crippen molar-refractivity contribution in [1.29, 1.82) is 0 Å². The van der Waals surface area contributed by atoms with E-state index in [0.29, 0.717) is 0 Å². The molecule has 0 bridgehead atoms. The fraction of sp³-hybridized carbons (Fsp3) is 0.556. The van der Waals surface area contributed by atoms with Gasteiger partial charge in [-0.15, -0.1) is 0 Å².